The van der Waals surface area contributed by atoms with Crippen molar-refractivity contribution in [1.29, 1.82) is 0 Å². The molecule has 0 N–H and O–H groups in total. The van der Waals surface area contributed by atoms with Crippen molar-refractivity contribution in [3.05, 3.63) is 80.2 Å². The van der Waals surface area contributed by atoms with Crippen molar-refractivity contribution < 1.29 is 13.3 Å². The molecule has 0 amide bonds. The summed E-state index contributed by atoms with van der Waals surface area (Å²) in [6.45, 7) is 1.73. The zero-order valence-electron chi connectivity index (χ0n) is 14.8. The normalized spacial score (nSPS) is 16.4. The van der Waals surface area contributed by atoms with Crippen LogP contribution in [0.25, 0.3) is 10.4 Å². The minimum Gasteiger partial charge on any atom is -0.258 e. The number of rotatable bonds is 6. The fourth-order valence-corrected chi connectivity index (χ4v) is 4.29. The predicted octanol–water partition coefficient (Wildman–Crippen LogP) is 3.38. The quantitative estimate of drug-likeness (QED) is 0.241. The van der Waals surface area contributed by atoms with E-state index in [1.54, 1.807) is 18.2 Å². The monoisotopic (exact) mass is 400 g/mol. The average molecular weight is 400 g/mol. The first-order chi connectivity index (χ1) is 13.3. The Balaban J connectivity index is 2.03. The number of nitrogens with zero attached hydrogens (tertiary/aromatic N) is 6. The Bertz CT molecular complexity index is 1090. The van der Waals surface area contributed by atoms with Crippen molar-refractivity contribution in [3.63, 3.8) is 0 Å². The summed E-state index contributed by atoms with van der Waals surface area (Å²) in [5.41, 5.74) is 10.2. The number of benzene rings is 2. The van der Waals surface area contributed by atoms with E-state index in [2.05, 4.69) is 15.1 Å². The highest BCUT2D eigenvalue weighted by molar-refractivity contribution is 7.89. The highest BCUT2D eigenvalue weighted by Gasteiger charge is 2.36. The molecule has 1 aliphatic heterocycles. The lowest BCUT2D eigenvalue weighted by Crippen LogP contribution is -2.34. The fraction of sp³-hybridized carbons (Fsp3) is 0.235. The average Bonchev–Trinajstić information content (AvgIpc) is 3.12. The lowest BCUT2D eigenvalue weighted by atomic mass is 10.0. The van der Waals surface area contributed by atoms with Crippen LogP contribution in [0.15, 0.2) is 63.6 Å². The number of hydrogen-bond donors (Lipinski definition) is 0. The molecular weight excluding hydrogens is 384 g/mol. The smallest absolute Gasteiger partial charge is 0.258 e. The predicted molar refractivity (Wildman–Crippen MR) is 102 cm³/mol. The number of aryl methyl sites for hydroxylation is 1. The van der Waals surface area contributed by atoms with Gasteiger partial charge in [0.05, 0.1) is 21.6 Å². The van der Waals surface area contributed by atoms with Crippen LogP contribution in [0.2, 0.25) is 0 Å². The first-order valence-corrected chi connectivity index (χ1v) is 9.71. The van der Waals surface area contributed by atoms with Crippen molar-refractivity contribution >= 4 is 21.4 Å². The minimum atomic E-state index is -3.97. The van der Waals surface area contributed by atoms with E-state index in [1.165, 1.54) is 30.3 Å². The molecule has 0 aliphatic carbocycles. The number of hydrogen-bond acceptors (Lipinski definition) is 6. The zero-order valence-corrected chi connectivity index (χ0v) is 15.7. The van der Waals surface area contributed by atoms with Crippen molar-refractivity contribution in [1.82, 2.24) is 4.41 Å². The highest BCUT2D eigenvalue weighted by atomic mass is 32.2. The summed E-state index contributed by atoms with van der Waals surface area (Å²) >= 11 is 0. The minimum absolute atomic E-state index is 0.0630. The number of non-ortho nitro benzene ring substituents is 1. The Labute approximate surface area is 160 Å². The summed E-state index contributed by atoms with van der Waals surface area (Å²) < 4.78 is 27.0. The van der Waals surface area contributed by atoms with Gasteiger partial charge in [0.25, 0.3) is 15.7 Å². The molecule has 2 aromatic rings. The molecule has 11 heteroatoms. The Morgan fingerprint density at radius 2 is 2.04 bits per heavy atom. The summed E-state index contributed by atoms with van der Waals surface area (Å²) in [6.07, 6.45) is 0.172. The van der Waals surface area contributed by atoms with Crippen LogP contribution in [0.5, 0.6) is 0 Å². The van der Waals surface area contributed by atoms with Crippen molar-refractivity contribution in [2.45, 2.75) is 24.3 Å². The van der Waals surface area contributed by atoms with Crippen LogP contribution in [-0.2, 0) is 10.0 Å². The van der Waals surface area contributed by atoms with E-state index < -0.39 is 21.0 Å². The summed E-state index contributed by atoms with van der Waals surface area (Å²) in [5.74, 6) is 0. The molecule has 1 unspecified atom stereocenters. The summed E-state index contributed by atoms with van der Waals surface area (Å²) in [6, 6.07) is 11.4. The summed E-state index contributed by atoms with van der Waals surface area (Å²) in [7, 11) is -3.97. The molecule has 1 heterocycles. The largest absolute Gasteiger partial charge is 0.279 e. The van der Waals surface area contributed by atoms with Crippen LogP contribution in [0.1, 0.15) is 17.5 Å². The fourth-order valence-electron chi connectivity index (χ4n) is 2.85. The van der Waals surface area contributed by atoms with Crippen LogP contribution in [0.4, 0.5) is 5.69 Å². The molecule has 0 aromatic heterocycles. The summed E-state index contributed by atoms with van der Waals surface area (Å²) in [4.78, 5) is 13.2. The second-order valence-electron chi connectivity index (χ2n) is 6.22. The molecule has 2 aromatic carbocycles. The van der Waals surface area contributed by atoms with Gasteiger partial charge in [-0.3, -0.25) is 10.1 Å². The Hall–Kier alpha value is -3.43. The first kappa shape index (κ1) is 19.3. The van der Waals surface area contributed by atoms with Gasteiger partial charge in [0.15, 0.2) is 0 Å². The molecule has 0 saturated carbocycles. The first-order valence-electron chi connectivity index (χ1n) is 8.27. The van der Waals surface area contributed by atoms with Gasteiger partial charge in [0.1, 0.15) is 0 Å². The molecule has 0 spiro atoms. The third-order valence-corrected chi connectivity index (χ3v) is 6.01. The Kier molecular flexibility index (Phi) is 5.30. The van der Waals surface area contributed by atoms with Gasteiger partial charge < -0.3 is 0 Å². The van der Waals surface area contributed by atoms with E-state index in [-0.39, 0.29) is 23.5 Å². The number of hydrazone groups is 1. The zero-order chi connectivity index (χ0) is 20.3. The van der Waals surface area contributed by atoms with E-state index in [4.69, 9.17) is 5.53 Å². The maximum Gasteiger partial charge on any atom is 0.279 e. The van der Waals surface area contributed by atoms with Gasteiger partial charge in [-0.1, -0.05) is 34.9 Å². The van der Waals surface area contributed by atoms with E-state index >= 15 is 0 Å². The number of nitro groups is 1. The van der Waals surface area contributed by atoms with Gasteiger partial charge in [-0.15, -0.1) is 0 Å². The van der Waals surface area contributed by atoms with Gasteiger partial charge in [-0.25, -0.2) is 0 Å². The summed E-state index contributed by atoms with van der Waals surface area (Å²) in [5, 5.41) is 18.7. The molecule has 1 aliphatic rings. The molecule has 10 nitrogen and oxygen atoms in total. The van der Waals surface area contributed by atoms with Gasteiger partial charge in [-0.2, -0.15) is 17.9 Å². The second kappa shape index (κ2) is 7.67. The second-order valence-corrected chi connectivity index (χ2v) is 8.01. The van der Waals surface area contributed by atoms with Crippen molar-refractivity contribution in [3.8, 4) is 0 Å². The van der Waals surface area contributed by atoms with Gasteiger partial charge in [-0.05, 0) is 24.6 Å². The van der Waals surface area contributed by atoms with Gasteiger partial charge >= 0.3 is 0 Å². The van der Waals surface area contributed by atoms with E-state index in [9.17, 15) is 18.5 Å². The van der Waals surface area contributed by atoms with Gasteiger partial charge in [0, 0.05) is 35.6 Å². The Morgan fingerprint density at radius 3 is 2.68 bits per heavy atom. The number of sulfonamides is 1. The highest BCUT2D eigenvalue weighted by Crippen LogP contribution is 2.28. The molecule has 0 saturated heterocycles. The maximum absolute atomic E-state index is 13.0. The van der Waals surface area contributed by atoms with E-state index in [1.807, 2.05) is 6.92 Å². The molecule has 3 rings (SSSR count). The van der Waals surface area contributed by atoms with Crippen LogP contribution >= 0.6 is 0 Å². The third-order valence-electron chi connectivity index (χ3n) is 4.27. The molecule has 0 fully saturated rings. The Morgan fingerprint density at radius 1 is 1.32 bits per heavy atom. The lowest BCUT2D eigenvalue weighted by Gasteiger charge is -2.21. The van der Waals surface area contributed by atoms with Crippen LogP contribution in [-0.4, -0.2) is 36.1 Å². The standard InChI is InChI=1S/C17H16N6O4S/c1-12-5-7-16(8-6-12)28(26,27)22-15(11-19-21-18)10-17(20-22)13-3-2-4-14(9-13)23(24)25/h2-9,15H,10-11H2,1H3. The maximum atomic E-state index is 13.0. The van der Waals surface area contributed by atoms with Crippen LogP contribution in [0.3, 0.4) is 0 Å². The molecule has 28 heavy (non-hydrogen) atoms. The lowest BCUT2D eigenvalue weighted by molar-refractivity contribution is -0.384. The van der Waals surface area contributed by atoms with Crippen LogP contribution < -0.4 is 0 Å². The molecule has 0 bridgehead atoms. The van der Waals surface area contributed by atoms with Crippen molar-refractivity contribution in [2.75, 3.05) is 6.54 Å². The van der Waals surface area contributed by atoms with E-state index in [0.29, 0.717) is 11.3 Å². The third kappa shape index (κ3) is 3.80. The topological polar surface area (TPSA) is 142 Å². The SMILES string of the molecule is Cc1ccc(S(=O)(=O)N2N=C(c3cccc([N+](=O)[O-])c3)CC2CN=[N+]=[N-])cc1. The van der Waals surface area contributed by atoms with Gasteiger partial charge in [0.2, 0.25) is 0 Å². The molecule has 1 atom stereocenters. The number of nitro benzene ring substituents is 1. The molecule has 0 radical (unpaired) electrons. The van der Waals surface area contributed by atoms with E-state index in [0.717, 1.165) is 9.98 Å². The number of azide groups is 1. The van der Waals surface area contributed by atoms with Crippen molar-refractivity contribution in [2.24, 2.45) is 10.2 Å². The molecule has 144 valence electrons. The molecular formula is C17H16N6O4S. The van der Waals surface area contributed by atoms with Crippen LogP contribution in [0, 0.1) is 17.0 Å².